The molecule has 4 aromatic rings. The van der Waals surface area contributed by atoms with Crippen LogP contribution < -0.4 is 36.7 Å². The second kappa shape index (κ2) is 9.70. The Morgan fingerprint density at radius 2 is 1.91 bits per heavy atom. The third-order valence-electron chi connectivity index (χ3n) is 5.17. The number of pyridine rings is 1. The highest BCUT2D eigenvalue weighted by molar-refractivity contribution is 6.33. The smallest absolute Gasteiger partial charge is 0.253 e. The number of halogens is 1. The molecule has 4 rings (SSSR count). The van der Waals surface area contributed by atoms with Gasteiger partial charge in [-0.15, -0.1) is 0 Å². The van der Waals surface area contributed by atoms with E-state index in [0.717, 1.165) is 0 Å². The van der Waals surface area contributed by atoms with Crippen molar-refractivity contribution in [3.05, 3.63) is 73.6 Å². The van der Waals surface area contributed by atoms with E-state index >= 15 is 0 Å². The van der Waals surface area contributed by atoms with Crippen LogP contribution in [0, 0.1) is 11.3 Å². The summed E-state index contributed by atoms with van der Waals surface area (Å²) in [5, 5.41) is 15.1. The van der Waals surface area contributed by atoms with Gasteiger partial charge in [0.25, 0.3) is 16.8 Å². The van der Waals surface area contributed by atoms with Crippen molar-refractivity contribution in [2.75, 3.05) is 24.3 Å². The van der Waals surface area contributed by atoms with Gasteiger partial charge >= 0.3 is 0 Å². The van der Waals surface area contributed by atoms with Crippen LogP contribution in [-0.2, 0) is 0 Å². The van der Waals surface area contributed by atoms with Gasteiger partial charge in [-0.2, -0.15) is 5.26 Å². The van der Waals surface area contributed by atoms with Crippen LogP contribution in [0.4, 0.5) is 17.1 Å². The molecular weight excluding hydrogens is 474 g/mol. The summed E-state index contributed by atoms with van der Waals surface area (Å²) in [4.78, 5) is 39.9. The van der Waals surface area contributed by atoms with Crippen LogP contribution in [0.5, 0.6) is 17.2 Å². The van der Waals surface area contributed by atoms with Crippen LogP contribution in [-0.4, -0.2) is 24.5 Å². The molecule has 0 bridgehead atoms. The summed E-state index contributed by atoms with van der Waals surface area (Å²) in [7, 11) is 1.43. The molecule has 1 amide bonds. The molecule has 4 N–H and O–H groups in total. The highest BCUT2D eigenvalue weighted by atomic mass is 35.5. The van der Waals surface area contributed by atoms with Crippen LogP contribution in [0.15, 0.2) is 52.2 Å². The molecule has 35 heavy (non-hydrogen) atoms. The average Bonchev–Trinajstić information content (AvgIpc) is 2.85. The normalized spacial score (nSPS) is 10.7. The fraction of sp³-hybridized carbons (Fsp3) is 0.125. The van der Waals surface area contributed by atoms with E-state index in [-0.39, 0.29) is 34.9 Å². The molecule has 0 spiro atoms. The molecule has 0 atom stereocenters. The summed E-state index contributed by atoms with van der Waals surface area (Å²) in [5.74, 6) is 0.426. The Morgan fingerprint density at radius 1 is 1.14 bits per heavy atom. The van der Waals surface area contributed by atoms with Crippen LogP contribution >= 0.6 is 11.6 Å². The maximum absolute atomic E-state index is 12.0. The Bertz CT molecular complexity index is 1570. The molecule has 0 aliphatic rings. The summed E-state index contributed by atoms with van der Waals surface area (Å²) in [6.45, 7) is 0.236. The lowest BCUT2D eigenvalue weighted by Crippen LogP contribution is -2.36. The Labute approximate surface area is 203 Å². The molecule has 0 aliphatic carbocycles. The number of hydrogen-bond donors (Lipinski definition) is 3. The molecule has 1 aromatic heterocycles. The first-order valence-electron chi connectivity index (χ1n) is 10.3. The average molecular weight is 492 g/mol. The van der Waals surface area contributed by atoms with E-state index in [9.17, 15) is 14.4 Å². The standard InChI is InChI=1S/C24H18ClN5O5/c1-34-19-11-17-13(10-14(19)24(27)33)18(5-8-28-17)35-12-3-4-16(15(25)9-12)30-21-20(22(31)23(21)32)29-7-2-6-26/h3-5,8-11,29-30H,2,7H2,1H3,(H2,27,33). The van der Waals surface area contributed by atoms with Crippen molar-refractivity contribution in [2.45, 2.75) is 6.42 Å². The molecule has 0 saturated heterocycles. The number of anilines is 3. The summed E-state index contributed by atoms with van der Waals surface area (Å²) >= 11 is 6.39. The van der Waals surface area contributed by atoms with Gasteiger partial charge in [0.05, 0.1) is 41.4 Å². The van der Waals surface area contributed by atoms with E-state index in [1.165, 1.54) is 13.2 Å². The molecular formula is C24H18ClN5O5. The quantitative estimate of drug-likeness (QED) is 0.235. The number of hydrogen-bond acceptors (Lipinski definition) is 9. The first-order valence-corrected chi connectivity index (χ1v) is 10.7. The summed E-state index contributed by atoms with van der Waals surface area (Å²) < 4.78 is 11.2. The molecule has 0 aliphatic heterocycles. The van der Waals surface area contributed by atoms with Gasteiger partial charge in [0.1, 0.15) is 28.6 Å². The number of aromatic nitrogens is 1. The minimum absolute atomic E-state index is 0.0802. The molecule has 0 unspecified atom stereocenters. The molecule has 1 heterocycles. The number of carbonyl (C=O) groups is 1. The van der Waals surface area contributed by atoms with Gasteiger partial charge in [-0.1, -0.05) is 11.6 Å². The summed E-state index contributed by atoms with van der Waals surface area (Å²) in [6.07, 6.45) is 1.73. The van der Waals surface area contributed by atoms with Gasteiger partial charge < -0.3 is 25.8 Å². The van der Waals surface area contributed by atoms with E-state index in [2.05, 4.69) is 15.6 Å². The molecule has 11 heteroatoms. The number of rotatable bonds is 9. The lowest BCUT2D eigenvalue weighted by molar-refractivity contribution is 0.0997. The monoisotopic (exact) mass is 491 g/mol. The predicted octanol–water partition coefficient (Wildman–Crippen LogP) is 3.45. The molecule has 0 saturated carbocycles. The van der Waals surface area contributed by atoms with Crippen molar-refractivity contribution >= 4 is 45.5 Å². The zero-order valence-electron chi connectivity index (χ0n) is 18.3. The highest BCUT2D eigenvalue weighted by Crippen LogP contribution is 2.36. The first-order chi connectivity index (χ1) is 16.8. The van der Waals surface area contributed by atoms with E-state index in [0.29, 0.717) is 33.8 Å². The van der Waals surface area contributed by atoms with Crippen molar-refractivity contribution in [1.29, 1.82) is 5.26 Å². The number of benzene rings is 2. The topological polar surface area (TPSA) is 156 Å². The number of fused-ring (bicyclic) bond motifs is 1. The van der Waals surface area contributed by atoms with Crippen molar-refractivity contribution in [1.82, 2.24) is 4.98 Å². The number of nitrogens with zero attached hydrogens (tertiary/aromatic N) is 2. The number of methoxy groups -OCH3 is 1. The second-order valence-electron chi connectivity index (χ2n) is 7.35. The fourth-order valence-corrected chi connectivity index (χ4v) is 3.66. The zero-order valence-corrected chi connectivity index (χ0v) is 19.1. The first kappa shape index (κ1) is 23.5. The molecule has 176 valence electrons. The van der Waals surface area contributed by atoms with Crippen LogP contribution in [0.2, 0.25) is 5.02 Å². The van der Waals surface area contributed by atoms with Gasteiger partial charge in [0, 0.05) is 30.3 Å². The minimum Gasteiger partial charge on any atom is -0.496 e. The van der Waals surface area contributed by atoms with E-state index < -0.39 is 16.8 Å². The maximum atomic E-state index is 12.0. The Hall–Kier alpha value is -4.62. The lowest BCUT2D eigenvalue weighted by Gasteiger charge is -2.16. The summed E-state index contributed by atoms with van der Waals surface area (Å²) in [6, 6.07) is 11.5. The SMILES string of the molecule is COc1cc2nccc(Oc3ccc(Nc4c(NCCC#N)c(=O)c4=O)c(Cl)c3)c2cc1C(N)=O. The Morgan fingerprint density at radius 3 is 2.60 bits per heavy atom. The van der Waals surface area contributed by atoms with Gasteiger partial charge in [-0.3, -0.25) is 19.4 Å². The lowest BCUT2D eigenvalue weighted by atomic mass is 10.1. The van der Waals surface area contributed by atoms with Gasteiger partial charge in [0.2, 0.25) is 0 Å². The summed E-state index contributed by atoms with van der Waals surface area (Å²) in [5.41, 5.74) is 5.43. The highest BCUT2D eigenvalue weighted by Gasteiger charge is 2.21. The molecule has 10 nitrogen and oxygen atoms in total. The van der Waals surface area contributed by atoms with Crippen molar-refractivity contribution in [3.63, 3.8) is 0 Å². The van der Waals surface area contributed by atoms with Crippen molar-refractivity contribution in [3.8, 4) is 23.3 Å². The number of nitrogens with one attached hydrogen (secondary N) is 2. The van der Waals surface area contributed by atoms with Gasteiger partial charge in [0.15, 0.2) is 0 Å². The van der Waals surface area contributed by atoms with E-state index in [1.807, 2.05) is 6.07 Å². The van der Waals surface area contributed by atoms with Crippen LogP contribution in [0.25, 0.3) is 10.9 Å². The van der Waals surface area contributed by atoms with Crippen LogP contribution in [0.1, 0.15) is 16.8 Å². The number of primary amides is 1. The second-order valence-corrected chi connectivity index (χ2v) is 7.76. The fourth-order valence-electron chi connectivity index (χ4n) is 3.44. The number of nitrogens with two attached hydrogens (primary N) is 1. The third-order valence-corrected chi connectivity index (χ3v) is 5.48. The molecule has 0 radical (unpaired) electrons. The van der Waals surface area contributed by atoms with Gasteiger partial charge in [-0.05, 0) is 24.3 Å². The largest absolute Gasteiger partial charge is 0.496 e. The van der Waals surface area contributed by atoms with Crippen molar-refractivity contribution < 1.29 is 14.3 Å². The zero-order chi connectivity index (χ0) is 25.1. The van der Waals surface area contributed by atoms with Crippen molar-refractivity contribution in [2.24, 2.45) is 5.73 Å². The van der Waals surface area contributed by atoms with Gasteiger partial charge in [-0.25, -0.2) is 0 Å². The molecule has 0 fully saturated rings. The number of nitriles is 1. The van der Waals surface area contributed by atoms with E-state index in [4.69, 9.17) is 32.1 Å². The number of amides is 1. The Kier molecular flexibility index (Phi) is 6.53. The van der Waals surface area contributed by atoms with E-state index in [1.54, 1.807) is 36.5 Å². The molecule has 3 aromatic carbocycles. The predicted molar refractivity (Wildman–Crippen MR) is 132 cm³/mol. The number of ether oxygens (including phenoxy) is 2. The minimum atomic E-state index is -0.676. The third kappa shape index (κ3) is 4.58. The van der Waals surface area contributed by atoms with Crippen LogP contribution in [0.3, 0.4) is 0 Å². The number of carbonyl (C=O) groups excluding carboxylic acids is 1. The maximum Gasteiger partial charge on any atom is 0.253 e. The Balaban J connectivity index is 1.60.